The van der Waals surface area contributed by atoms with Crippen molar-refractivity contribution in [3.05, 3.63) is 43.5 Å². The van der Waals surface area contributed by atoms with Gasteiger partial charge in [0.25, 0.3) is 0 Å². The molecule has 0 radical (unpaired) electrons. The molecule has 1 saturated heterocycles. The first-order valence-electron chi connectivity index (χ1n) is 9.66. The van der Waals surface area contributed by atoms with E-state index in [1.54, 1.807) is 29.3 Å². The third kappa shape index (κ3) is 4.55. The maximum Gasteiger partial charge on any atom is 0.249 e. The first-order valence-corrected chi connectivity index (χ1v) is 11.5. The van der Waals surface area contributed by atoms with Gasteiger partial charge in [0.05, 0.1) is 18.0 Å². The average molecular weight is 640 g/mol. The van der Waals surface area contributed by atoms with Gasteiger partial charge in [-0.15, -0.1) is 5.10 Å². The van der Waals surface area contributed by atoms with Crippen molar-refractivity contribution in [2.24, 2.45) is 5.92 Å². The van der Waals surface area contributed by atoms with E-state index in [0.29, 0.717) is 17.0 Å². The Morgan fingerprint density at radius 2 is 2.09 bits per heavy atom. The van der Waals surface area contributed by atoms with Gasteiger partial charge in [-0.25, -0.2) is 20.0 Å². The number of rotatable bonds is 6. The zero-order chi connectivity index (χ0) is 21.8. The summed E-state index contributed by atoms with van der Waals surface area (Å²) in [5, 5.41) is 11.5. The molecular weight excluding hydrogens is 618 g/mol. The Morgan fingerprint density at radius 3 is 2.73 bits per heavy atom. The SMILES string of the molecule is [C-]#[N+]CC1(n2cc(-c3nccc4nc(NC(=O)C5CC5)nn34)cn2)CN(S(C)(=O)=O)C1.[CH3-].[W]. The Kier molecular flexibility index (Phi) is 6.75. The number of carbonyl (C=O) groups is 1. The van der Waals surface area contributed by atoms with Crippen LogP contribution < -0.4 is 5.32 Å². The third-order valence-corrected chi connectivity index (χ3v) is 6.74. The van der Waals surface area contributed by atoms with E-state index in [1.807, 2.05) is 0 Å². The molecule has 0 aromatic carbocycles. The molecule has 0 atom stereocenters. The maximum absolute atomic E-state index is 12.0. The molecule has 3 aromatic rings. The standard InChI is InChI=1S/C18H19N9O3S.CH3.W/c1-19-9-18(10-25(11-18)31(2,29)30)26-8-13(7-21-26)15-20-6-5-14-22-17(24-27(14)15)23-16(28)12-3-4-12;;/h5-8,12H,3-4,9-11H2,2H3,(H,23,24,28);1H3;/q;-1;. The minimum Gasteiger partial charge on any atom is -0.358 e. The molecule has 0 bridgehead atoms. The van der Waals surface area contributed by atoms with Gasteiger partial charge in [0.15, 0.2) is 17.0 Å². The zero-order valence-corrected chi connectivity index (χ0v) is 21.8. The molecule has 1 aliphatic carbocycles. The molecule has 0 unspecified atom stereocenters. The van der Waals surface area contributed by atoms with Gasteiger partial charge in [0.1, 0.15) is 0 Å². The smallest absolute Gasteiger partial charge is 0.249 e. The van der Waals surface area contributed by atoms with E-state index in [9.17, 15) is 13.2 Å². The van der Waals surface area contributed by atoms with E-state index < -0.39 is 15.6 Å². The van der Waals surface area contributed by atoms with Gasteiger partial charge in [-0.05, 0) is 12.8 Å². The molecule has 14 heteroatoms. The second-order valence-corrected chi connectivity index (χ2v) is 9.97. The Balaban J connectivity index is 0.00000153. The van der Waals surface area contributed by atoms with Crippen LogP contribution in [0, 0.1) is 19.9 Å². The second kappa shape index (κ2) is 8.93. The number of anilines is 1. The first-order chi connectivity index (χ1) is 14.8. The molecule has 174 valence electrons. The van der Waals surface area contributed by atoms with Crippen molar-refractivity contribution in [3.63, 3.8) is 0 Å². The normalized spacial score (nSPS) is 17.3. The van der Waals surface area contributed by atoms with Gasteiger partial charge >= 0.3 is 0 Å². The van der Waals surface area contributed by atoms with Crippen LogP contribution >= 0.6 is 0 Å². The molecule has 12 nitrogen and oxygen atoms in total. The average Bonchev–Trinajstić information content (AvgIpc) is 3.28. The molecule has 1 N–H and O–H groups in total. The van der Waals surface area contributed by atoms with Gasteiger partial charge in [-0.2, -0.15) is 18.9 Å². The summed E-state index contributed by atoms with van der Waals surface area (Å²) >= 11 is 0. The number of amides is 1. The maximum atomic E-state index is 12.0. The molecule has 1 amide bonds. The number of carbonyl (C=O) groups excluding carboxylic acids is 1. The molecule has 2 aliphatic rings. The predicted molar refractivity (Wildman–Crippen MR) is 116 cm³/mol. The minimum atomic E-state index is -3.33. The summed E-state index contributed by atoms with van der Waals surface area (Å²) in [6.45, 7) is 7.77. The Bertz CT molecular complexity index is 1330. The quantitative estimate of drug-likeness (QED) is 0.392. The molecule has 5 rings (SSSR count). The van der Waals surface area contributed by atoms with Crippen LogP contribution in [0.3, 0.4) is 0 Å². The van der Waals surface area contributed by atoms with E-state index in [-0.39, 0.29) is 65.9 Å². The first kappa shape index (κ1) is 25.0. The van der Waals surface area contributed by atoms with Gasteiger partial charge in [-0.3, -0.25) is 14.8 Å². The summed E-state index contributed by atoms with van der Waals surface area (Å²) in [7, 11) is -3.33. The summed E-state index contributed by atoms with van der Waals surface area (Å²) < 4.78 is 28.1. The number of aromatic nitrogens is 6. The van der Waals surface area contributed by atoms with Crippen molar-refractivity contribution >= 4 is 27.5 Å². The van der Waals surface area contributed by atoms with Crippen molar-refractivity contribution in [1.29, 1.82) is 0 Å². The monoisotopic (exact) mass is 640 g/mol. The summed E-state index contributed by atoms with van der Waals surface area (Å²) in [6.07, 6.45) is 7.84. The van der Waals surface area contributed by atoms with E-state index >= 15 is 0 Å². The summed E-state index contributed by atoms with van der Waals surface area (Å²) in [6, 6.07) is 1.68. The number of sulfonamides is 1. The van der Waals surface area contributed by atoms with E-state index in [0.717, 1.165) is 19.1 Å². The number of fused-ring (bicyclic) bond motifs is 1. The minimum absolute atomic E-state index is 0. The Labute approximate surface area is 205 Å². The van der Waals surface area contributed by atoms with Crippen molar-refractivity contribution in [2.45, 2.75) is 18.4 Å². The van der Waals surface area contributed by atoms with Crippen molar-refractivity contribution < 1.29 is 34.3 Å². The van der Waals surface area contributed by atoms with Crippen molar-refractivity contribution in [1.82, 2.24) is 33.7 Å². The van der Waals surface area contributed by atoms with Crippen LogP contribution in [-0.4, -0.2) is 73.9 Å². The predicted octanol–water partition coefficient (Wildman–Crippen LogP) is 0.674. The van der Waals surface area contributed by atoms with Gasteiger partial charge in [-0.1, -0.05) is 0 Å². The van der Waals surface area contributed by atoms with Crippen LogP contribution in [-0.2, 0) is 41.4 Å². The van der Waals surface area contributed by atoms with Crippen LogP contribution in [0.15, 0.2) is 24.7 Å². The van der Waals surface area contributed by atoms with Crippen LogP contribution in [0.2, 0.25) is 0 Å². The van der Waals surface area contributed by atoms with Crippen LogP contribution in [0.5, 0.6) is 0 Å². The fraction of sp³-hybridized carbons (Fsp3) is 0.421. The van der Waals surface area contributed by atoms with Crippen molar-refractivity contribution in [2.75, 3.05) is 31.2 Å². The molecule has 2 fully saturated rings. The van der Waals surface area contributed by atoms with E-state index in [2.05, 4.69) is 30.3 Å². The molecule has 1 aliphatic heterocycles. The van der Waals surface area contributed by atoms with Gasteiger partial charge < -0.3 is 12.3 Å². The van der Waals surface area contributed by atoms with Crippen LogP contribution in [0.4, 0.5) is 5.95 Å². The Hall–Kier alpha value is -2.68. The Morgan fingerprint density at radius 1 is 1.36 bits per heavy atom. The molecule has 3 aromatic heterocycles. The number of nitrogens with one attached hydrogen (secondary N) is 1. The molecule has 33 heavy (non-hydrogen) atoms. The van der Waals surface area contributed by atoms with Crippen molar-refractivity contribution in [3.8, 4) is 11.4 Å². The van der Waals surface area contributed by atoms with Gasteiger partial charge in [0, 0.05) is 58.5 Å². The summed E-state index contributed by atoms with van der Waals surface area (Å²) in [4.78, 5) is 24.2. The fourth-order valence-corrected chi connectivity index (χ4v) is 4.58. The molecular formula is C19H22N9O3SW-. The molecule has 4 heterocycles. The number of nitrogens with zero attached hydrogens (tertiary/aromatic N) is 8. The zero-order valence-electron chi connectivity index (χ0n) is 18.0. The summed E-state index contributed by atoms with van der Waals surface area (Å²) in [5.74, 6) is 0.640. The summed E-state index contributed by atoms with van der Waals surface area (Å²) in [5.41, 5.74) is 0.437. The van der Waals surface area contributed by atoms with Gasteiger partial charge in [0.2, 0.25) is 28.4 Å². The van der Waals surface area contributed by atoms with Crippen LogP contribution in [0.25, 0.3) is 21.9 Å². The third-order valence-electron chi connectivity index (χ3n) is 5.55. The fourth-order valence-electron chi connectivity index (χ4n) is 3.63. The van der Waals surface area contributed by atoms with E-state index in [1.165, 1.54) is 8.82 Å². The largest absolute Gasteiger partial charge is 0.358 e. The van der Waals surface area contributed by atoms with Crippen LogP contribution in [0.1, 0.15) is 12.8 Å². The van der Waals surface area contributed by atoms with E-state index in [4.69, 9.17) is 6.57 Å². The molecule has 1 saturated carbocycles. The molecule has 0 spiro atoms. The number of hydrogen-bond acceptors (Lipinski definition) is 7. The second-order valence-electron chi connectivity index (χ2n) is 7.98. The topological polar surface area (TPSA) is 132 Å². The number of hydrogen-bond donors (Lipinski definition) is 1.